The van der Waals surface area contributed by atoms with E-state index >= 15 is 0 Å². The lowest BCUT2D eigenvalue weighted by atomic mass is 10.00. The molecule has 2 aromatic heterocycles. The molecular formula is C25H20N4O5S. The summed E-state index contributed by atoms with van der Waals surface area (Å²) in [4.78, 5) is 24.4. The molecule has 0 fully saturated rings. The van der Waals surface area contributed by atoms with Crippen LogP contribution in [-0.2, 0) is 17.9 Å². The van der Waals surface area contributed by atoms with E-state index in [1.807, 2.05) is 22.8 Å². The van der Waals surface area contributed by atoms with Crippen molar-refractivity contribution in [3.63, 3.8) is 0 Å². The van der Waals surface area contributed by atoms with E-state index in [-0.39, 0.29) is 18.9 Å². The molecular weight excluding hydrogens is 468 g/mol. The number of hydrogen-bond acceptors (Lipinski definition) is 8. The number of non-ortho nitro benzene ring substituents is 1. The number of rotatable bonds is 7. The zero-order valence-corrected chi connectivity index (χ0v) is 19.5. The van der Waals surface area contributed by atoms with E-state index in [2.05, 4.69) is 8.75 Å². The second-order valence-electron chi connectivity index (χ2n) is 7.93. The van der Waals surface area contributed by atoms with E-state index in [0.717, 1.165) is 28.3 Å². The Hall–Kier alpha value is -4.15. The summed E-state index contributed by atoms with van der Waals surface area (Å²) in [5.41, 5.74) is 5.29. The lowest BCUT2D eigenvalue weighted by molar-refractivity contribution is -0.384. The number of fused-ring (bicyclic) bond motifs is 2. The minimum Gasteiger partial charge on any atom is -0.461 e. The summed E-state index contributed by atoms with van der Waals surface area (Å²) in [5.74, 6) is -0.524. The molecule has 0 aliphatic heterocycles. The molecule has 10 heteroatoms. The van der Waals surface area contributed by atoms with Crippen molar-refractivity contribution in [1.82, 2.24) is 13.3 Å². The molecule has 0 atom stereocenters. The number of esters is 1. The Morgan fingerprint density at radius 2 is 1.80 bits per heavy atom. The van der Waals surface area contributed by atoms with Crippen LogP contribution in [0.15, 0.2) is 60.7 Å². The van der Waals surface area contributed by atoms with Gasteiger partial charge < -0.3 is 14.4 Å². The first-order valence-electron chi connectivity index (χ1n) is 10.9. The molecule has 0 saturated heterocycles. The Morgan fingerprint density at radius 1 is 1.06 bits per heavy atom. The summed E-state index contributed by atoms with van der Waals surface area (Å²) in [7, 11) is 0. The largest absolute Gasteiger partial charge is 0.461 e. The predicted octanol–water partition coefficient (Wildman–Crippen LogP) is 4.94. The third-order valence-corrected chi connectivity index (χ3v) is 6.37. The van der Waals surface area contributed by atoms with Gasteiger partial charge in [0.15, 0.2) is 0 Å². The first-order valence-corrected chi connectivity index (χ1v) is 11.6. The Morgan fingerprint density at radius 3 is 2.51 bits per heavy atom. The van der Waals surface area contributed by atoms with Gasteiger partial charge in [0.25, 0.3) is 5.69 Å². The van der Waals surface area contributed by atoms with Gasteiger partial charge in [0.2, 0.25) is 0 Å². The fourth-order valence-corrected chi connectivity index (χ4v) is 4.73. The van der Waals surface area contributed by atoms with Crippen LogP contribution in [0.3, 0.4) is 0 Å². The molecule has 0 aliphatic rings. The van der Waals surface area contributed by atoms with Gasteiger partial charge in [-0.1, -0.05) is 30.3 Å². The maximum atomic E-state index is 13.3. The molecule has 3 aromatic carbocycles. The molecule has 0 spiro atoms. The second-order valence-corrected chi connectivity index (χ2v) is 8.46. The van der Waals surface area contributed by atoms with E-state index in [4.69, 9.17) is 4.74 Å². The molecule has 0 radical (unpaired) electrons. The third-order valence-electron chi connectivity index (χ3n) is 5.81. The highest BCUT2D eigenvalue weighted by molar-refractivity contribution is 7.00. The standard InChI is InChI=1S/C25H20N4O5S/c1-2-34-25(31)24-23(17-6-3-15(14-30)4-7-17)19-12-18(29(32)33)8-10-22(19)28(24)13-16-5-9-20-21(11-16)27-35-26-20/h3-12,30H,2,13-14H2,1H3. The Labute approximate surface area is 203 Å². The number of nitrogens with zero attached hydrogens (tertiary/aromatic N) is 4. The summed E-state index contributed by atoms with van der Waals surface area (Å²) >= 11 is 1.13. The smallest absolute Gasteiger partial charge is 0.355 e. The molecule has 176 valence electrons. The van der Waals surface area contributed by atoms with Crippen molar-refractivity contribution in [3.8, 4) is 11.1 Å². The van der Waals surface area contributed by atoms with Crippen LogP contribution >= 0.6 is 11.7 Å². The minimum absolute atomic E-state index is 0.0757. The fourth-order valence-electron chi connectivity index (χ4n) is 4.21. The zero-order valence-electron chi connectivity index (χ0n) is 18.7. The number of carbonyl (C=O) groups excluding carboxylic acids is 1. The Balaban J connectivity index is 1.78. The van der Waals surface area contributed by atoms with Gasteiger partial charge in [-0.3, -0.25) is 10.1 Å². The third kappa shape index (κ3) is 4.13. The molecule has 1 N–H and O–H groups in total. The van der Waals surface area contributed by atoms with Gasteiger partial charge in [0, 0.05) is 29.6 Å². The van der Waals surface area contributed by atoms with Gasteiger partial charge >= 0.3 is 5.97 Å². The molecule has 35 heavy (non-hydrogen) atoms. The van der Waals surface area contributed by atoms with Crippen LogP contribution in [0.25, 0.3) is 33.1 Å². The van der Waals surface area contributed by atoms with Crippen LogP contribution in [-0.4, -0.2) is 35.9 Å². The number of aliphatic hydroxyl groups excluding tert-OH is 1. The average molecular weight is 489 g/mol. The highest BCUT2D eigenvalue weighted by atomic mass is 32.1. The van der Waals surface area contributed by atoms with Crippen molar-refractivity contribution in [3.05, 3.63) is 87.6 Å². The molecule has 0 unspecified atom stereocenters. The first-order chi connectivity index (χ1) is 17.0. The molecule has 5 aromatic rings. The normalized spacial score (nSPS) is 11.3. The molecule has 0 aliphatic carbocycles. The van der Waals surface area contributed by atoms with Crippen molar-refractivity contribution in [2.75, 3.05) is 6.61 Å². The lowest BCUT2D eigenvalue weighted by Crippen LogP contribution is -2.14. The first kappa shape index (κ1) is 22.6. The number of ether oxygens (including phenoxy) is 1. The van der Waals surface area contributed by atoms with Crippen LogP contribution in [0.2, 0.25) is 0 Å². The van der Waals surface area contributed by atoms with E-state index < -0.39 is 10.9 Å². The van der Waals surface area contributed by atoms with Crippen LogP contribution < -0.4 is 0 Å². The van der Waals surface area contributed by atoms with E-state index in [0.29, 0.717) is 39.8 Å². The van der Waals surface area contributed by atoms with Gasteiger partial charge in [0.05, 0.1) is 35.4 Å². The SMILES string of the molecule is CCOC(=O)c1c(-c2ccc(CO)cc2)c2cc([N+](=O)[O-])ccc2n1Cc1ccc2nsnc2c1. The zero-order chi connectivity index (χ0) is 24.5. The van der Waals surface area contributed by atoms with Gasteiger partial charge in [-0.2, -0.15) is 8.75 Å². The maximum absolute atomic E-state index is 13.3. The number of aliphatic hydroxyl groups is 1. The molecule has 0 bridgehead atoms. The van der Waals surface area contributed by atoms with Crippen molar-refractivity contribution in [1.29, 1.82) is 0 Å². The van der Waals surface area contributed by atoms with E-state index in [9.17, 15) is 20.0 Å². The monoisotopic (exact) mass is 488 g/mol. The predicted molar refractivity (Wildman–Crippen MR) is 132 cm³/mol. The number of benzene rings is 3. The van der Waals surface area contributed by atoms with E-state index in [1.54, 1.807) is 37.3 Å². The molecule has 2 heterocycles. The van der Waals surface area contributed by atoms with Gasteiger partial charge in [-0.15, -0.1) is 0 Å². The van der Waals surface area contributed by atoms with Crippen LogP contribution in [0.5, 0.6) is 0 Å². The highest BCUT2D eigenvalue weighted by Gasteiger charge is 2.26. The maximum Gasteiger partial charge on any atom is 0.355 e. The summed E-state index contributed by atoms with van der Waals surface area (Å²) in [6.07, 6.45) is 0. The van der Waals surface area contributed by atoms with Gasteiger partial charge in [0.1, 0.15) is 16.7 Å². The summed E-state index contributed by atoms with van der Waals surface area (Å²) in [5, 5.41) is 21.6. The number of hydrogen-bond donors (Lipinski definition) is 1. The number of nitro benzene ring substituents is 1. The molecule has 0 saturated carbocycles. The average Bonchev–Trinajstić information content (AvgIpc) is 3.46. The summed E-state index contributed by atoms with van der Waals surface area (Å²) < 4.78 is 15.8. The van der Waals surface area contributed by atoms with E-state index in [1.165, 1.54) is 12.1 Å². The Bertz CT molecular complexity index is 1570. The van der Waals surface area contributed by atoms with Crippen LogP contribution in [0, 0.1) is 10.1 Å². The molecule has 5 rings (SSSR count). The highest BCUT2D eigenvalue weighted by Crippen LogP contribution is 2.38. The van der Waals surface area contributed by atoms with Gasteiger partial charge in [-0.05, 0) is 41.8 Å². The Kier molecular flexibility index (Phi) is 5.98. The van der Waals surface area contributed by atoms with Gasteiger partial charge in [-0.25, -0.2) is 4.79 Å². The lowest BCUT2D eigenvalue weighted by Gasteiger charge is -2.12. The van der Waals surface area contributed by atoms with Crippen molar-refractivity contribution >= 4 is 45.3 Å². The number of carbonyl (C=O) groups is 1. The van der Waals surface area contributed by atoms with Crippen molar-refractivity contribution in [2.24, 2.45) is 0 Å². The van der Waals surface area contributed by atoms with Crippen molar-refractivity contribution < 1.29 is 19.6 Å². The molecule has 0 amide bonds. The van der Waals surface area contributed by atoms with Crippen molar-refractivity contribution in [2.45, 2.75) is 20.1 Å². The quantitative estimate of drug-likeness (QED) is 0.196. The summed E-state index contributed by atoms with van der Waals surface area (Å²) in [6.45, 7) is 2.12. The number of nitro groups is 1. The summed E-state index contributed by atoms with van der Waals surface area (Å²) in [6, 6.07) is 17.4. The van der Waals surface area contributed by atoms with Crippen LogP contribution in [0.1, 0.15) is 28.5 Å². The number of aromatic nitrogens is 3. The molecule has 9 nitrogen and oxygen atoms in total. The fraction of sp³-hybridized carbons (Fsp3) is 0.160. The minimum atomic E-state index is -0.524. The topological polar surface area (TPSA) is 120 Å². The van der Waals surface area contributed by atoms with Crippen LogP contribution in [0.4, 0.5) is 5.69 Å². The second kappa shape index (κ2) is 9.24.